The molecule has 21 heavy (non-hydrogen) atoms. The number of urea groups is 1. The van der Waals surface area contributed by atoms with Crippen molar-refractivity contribution in [3.8, 4) is 0 Å². The van der Waals surface area contributed by atoms with Gasteiger partial charge in [0.05, 0.1) is 12.6 Å². The fourth-order valence-electron chi connectivity index (χ4n) is 1.74. The average Bonchev–Trinajstić information content (AvgIpc) is 2.45. The normalized spacial score (nSPS) is 13.3. The zero-order valence-corrected chi connectivity index (χ0v) is 12.9. The standard InChI is InChI=1S/C14H19ClN2O4/c1-9(10-5-4-6-11(15)7-10)17(2)14(20)16-8-12(21-3)13(18)19/h4-7,9,12H,8H2,1-3H3,(H,16,20)(H,18,19). The number of methoxy groups -OCH3 is 1. The molecule has 7 heteroatoms. The Morgan fingerprint density at radius 2 is 2.14 bits per heavy atom. The minimum Gasteiger partial charge on any atom is -0.479 e. The molecule has 1 aromatic rings. The Kier molecular flexibility index (Phi) is 6.45. The molecule has 0 spiro atoms. The molecule has 0 saturated carbocycles. The zero-order chi connectivity index (χ0) is 16.0. The molecular formula is C14H19ClN2O4. The van der Waals surface area contributed by atoms with Crippen molar-refractivity contribution >= 4 is 23.6 Å². The van der Waals surface area contributed by atoms with Crippen LogP contribution >= 0.6 is 11.6 Å². The number of carbonyl (C=O) groups is 2. The summed E-state index contributed by atoms with van der Waals surface area (Å²) in [6.07, 6.45) is -1.07. The first-order chi connectivity index (χ1) is 9.86. The number of carboxylic acid groups (broad SMARTS) is 1. The lowest BCUT2D eigenvalue weighted by Crippen LogP contribution is -2.44. The number of ether oxygens (including phenoxy) is 1. The number of amides is 2. The molecule has 0 aliphatic heterocycles. The van der Waals surface area contributed by atoms with Crippen molar-refractivity contribution < 1.29 is 19.4 Å². The summed E-state index contributed by atoms with van der Waals surface area (Å²) < 4.78 is 4.75. The Hall–Kier alpha value is -1.79. The summed E-state index contributed by atoms with van der Waals surface area (Å²) in [5.74, 6) is -1.12. The number of nitrogens with one attached hydrogen (secondary N) is 1. The molecule has 0 saturated heterocycles. The number of aliphatic carboxylic acids is 1. The van der Waals surface area contributed by atoms with E-state index in [1.54, 1.807) is 19.2 Å². The van der Waals surface area contributed by atoms with Gasteiger partial charge in [0, 0.05) is 19.2 Å². The van der Waals surface area contributed by atoms with Crippen LogP contribution in [0, 0.1) is 0 Å². The van der Waals surface area contributed by atoms with E-state index in [0.29, 0.717) is 5.02 Å². The lowest BCUT2D eigenvalue weighted by atomic mass is 10.1. The third-order valence-electron chi connectivity index (χ3n) is 3.23. The Labute approximate surface area is 128 Å². The summed E-state index contributed by atoms with van der Waals surface area (Å²) >= 11 is 5.93. The van der Waals surface area contributed by atoms with Gasteiger partial charge >= 0.3 is 12.0 Å². The molecule has 2 atom stereocenters. The smallest absolute Gasteiger partial charge is 0.334 e. The summed E-state index contributed by atoms with van der Waals surface area (Å²) in [7, 11) is 2.91. The topological polar surface area (TPSA) is 78.9 Å². The molecule has 1 aromatic carbocycles. The highest BCUT2D eigenvalue weighted by Crippen LogP contribution is 2.21. The van der Waals surface area contributed by atoms with Crippen LogP contribution in [-0.2, 0) is 9.53 Å². The van der Waals surface area contributed by atoms with Crippen LogP contribution in [0.15, 0.2) is 24.3 Å². The van der Waals surface area contributed by atoms with Crippen molar-refractivity contribution in [1.29, 1.82) is 0 Å². The quantitative estimate of drug-likeness (QED) is 0.843. The van der Waals surface area contributed by atoms with Crippen LogP contribution in [0.25, 0.3) is 0 Å². The summed E-state index contributed by atoms with van der Waals surface area (Å²) in [6, 6.07) is 6.64. The second kappa shape index (κ2) is 7.85. The average molecular weight is 315 g/mol. The first-order valence-corrected chi connectivity index (χ1v) is 6.76. The molecule has 0 fully saturated rings. The molecule has 116 valence electrons. The molecule has 0 radical (unpaired) electrons. The van der Waals surface area contributed by atoms with E-state index in [4.69, 9.17) is 21.4 Å². The predicted molar refractivity (Wildman–Crippen MR) is 79.5 cm³/mol. The van der Waals surface area contributed by atoms with Crippen molar-refractivity contribution in [1.82, 2.24) is 10.2 Å². The Morgan fingerprint density at radius 1 is 1.48 bits per heavy atom. The van der Waals surface area contributed by atoms with Crippen LogP contribution in [0.1, 0.15) is 18.5 Å². The number of carbonyl (C=O) groups excluding carboxylic acids is 1. The predicted octanol–water partition coefficient (Wildman–Crippen LogP) is 2.14. The van der Waals surface area contributed by atoms with Gasteiger partial charge in [0.15, 0.2) is 6.10 Å². The Balaban J connectivity index is 2.63. The maximum absolute atomic E-state index is 12.0. The highest BCUT2D eigenvalue weighted by Gasteiger charge is 2.21. The maximum Gasteiger partial charge on any atom is 0.334 e. The first-order valence-electron chi connectivity index (χ1n) is 6.38. The fourth-order valence-corrected chi connectivity index (χ4v) is 1.94. The fraction of sp³-hybridized carbons (Fsp3) is 0.429. The summed E-state index contributed by atoms with van der Waals surface area (Å²) in [5, 5.41) is 12.0. The van der Waals surface area contributed by atoms with Gasteiger partial charge in [0.2, 0.25) is 0 Å². The lowest BCUT2D eigenvalue weighted by molar-refractivity contribution is -0.148. The Morgan fingerprint density at radius 3 is 2.67 bits per heavy atom. The molecule has 0 bridgehead atoms. The number of carboxylic acids is 1. The Bertz CT molecular complexity index is 510. The molecule has 2 unspecified atom stereocenters. The third-order valence-corrected chi connectivity index (χ3v) is 3.47. The van der Waals surface area contributed by atoms with Gasteiger partial charge in [-0.15, -0.1) is 0 Å². The SMILES string of the molecule is COC(CNC(=O)N(C)C(C)c1cccc(Cl)c1)C(=O)O. The van der Waals surface area contributed by atoms with E-state index in [-0.39, 0.29) is 18.6 Å². The van der Waals surface area contributed by atoms with Crippen LogP contribution in [0.5, 0.6) is 0 Å². The number of hydrogen-bond donors (Lipinski definition) is 2. The van der Waals surface area contributed by atoms with E-state index < -0.39 is 12.1 Å². The number of rotatable bonds is 6. The van der Waals surface area contributed by atoms with Crippen molar-refractivity contribution in [3.05, 3.63) is 34.9 Å². The van der Waals surface area contributed by atoms with Crippen molar-refractivity contribution in [2.24, 2.45) is 0 Å². The third kappa shape index (κ3) is 4.91. The second-order valence-corrected chi connectivity index (χ2v) is 5.03. The molecule has 1 rings (SSSR count). The molecule has 2 N–H and O–H groups in total. The van der Waals surface area contributed by atoms with Gasteiger partial charge in [-0.05, 0) is 24.6 Å². The van der Waals surface area contributed by atoms with Crippen LogP contribution in [-0.4, -0.2) is 48.8 Å². The molecule has 2 amide bonds. The second-order valence-electron chi connectivity index (χ2n) is 4.59. The maximum atomic E-state index is 12.0. The largest absolute Gasteiger partial charge is 0.479 e. The molecule has 6 nitrogen and oxygen atoms in total. The zero-order valence-electron chi connectivity index (χ0n) is 12.2. The van der Waals surface area contributed by atoms with Gasteiger partial charge in [-0.25, -0.2) is 9.59 Å². The van der Waals surface area contributed by atoms with E-state index in [1.807, 2.05) is 19.1 Å². The van der Waals surface area contributed by atoms with Gasteiger partial charge in [-0.3, -0.25) is 0 Å². The number of hydrogen-bond acceptors (Lipinski definition) is 3. The van der Waals surface area contributed by atoms with Crippen LogP contribution in [0.2, 0.25) is 5.02 Å². The van der Waals surface area contributed by atoms with Crippen molar-refractivity contribution in [3.63, 3.8) is 0 Å². The number of halogens is 1. The molecule has 0 aliphatic rings. The van der Waals surface area contributed by atoms with Gasteiger partial charge < -0.3 is 20.1 Å². The highest BCUT2D eigenvalue weighted by atomic mass is 35.5. The number of nitrogens with zero attached hydrogens (tertiary/aromatic N) is 1. The molecule has 0 heterocycles. The van der Waals surface area contributed by atoms with Gasteiger partial charge in [-0.2, -0.15) is 0 Å². The van der Waals surface area contributed by atoms with E-state index in [9.17, 15) is 9.59 Å². The highest BCUT2D eigenvalue weighted by molar-refractivity contribution is 6.30. The van der Waals surface area contributed by atoms with Crippen LogP contribution in [0.3, 0.4) is 0 Å². The van der Waals surface area contributed by atoms with E-state index >= 15 is 0 Å². The van der Waals surface area contributed by atoms with Crippen molar-refractivity contribution in [2.45, 2.75) is 19.1 Å². The van der Waals surface area contributed by atoms with Crippen LogP contribution < -0.4 is 5.32 Å². The minimum atomic E-state index is -1.12. The van der Waals surface area contributed by atoms with E-state index in [2.05, 4.69) is 5.32 Å². The molecule has 0 aliphatic carbocycles. The van der Waals surface area contributed by atoms with Gasteiger partial charge in [-0.1, -0.05) is 23.7 Å². The monoisotopic (exact) mass is 314 g/mol. The van der Waals surface area contributed by atoms with E-state index in [0.717, 1.165) is 5.56 Å². The minimum absolute atomic E-state index is 0.0999. The summed E-state index contributed by atoms with van der Waals surface area (Å²) in [5.41, 5.74) is 0.890. The van der Waals surface area contributed by atoms with Crippen LogP contribution in [0.4, 0.5) is 4.79 Å². The van der Waals surface area contributed by atoms with E-state index in [1.165, 1.54) is 12.0 Å². The summed E-state index contributed by atoms with van der Waals surface area (Å²) in [4.78, 5) is 24.3. The molecular weight excluding hydrogens is 296 g/mol. The van der Waals surface area contributed by atoms with Crippen molar-refractivity contribution in [2.75, 3.05) is 20.7 Å². The summed E-state index contributed by atoms with van der Waals surface area (Å²) in [6.45, 7) is 1.76. The number of benzene rings is 1. The lowest BCUT2D eigenvalue weighted by Gasteiger charge is -2.26. The van der Waals surface area contributed by atoms with Gasteiger partial charge in [0.1, 0.15) is 0 Å². The van der Waals surface area contributed by atoms with Gasteiger partial charge in [0.25, 0.3) is 0 Å². The molecule has 0 aromatic heterocycles. The first kappa shape index (κ1) is 17.3.